The van der Waals surface area contributed by atoms with Crippen LogP contribution in [0.5, 0.6) is 0 Å². The highest BCUT2D eigenvalue weighted by Gasteiger charge is 2.65. The maximum Gasteiger partial charge on any atom is 0.310 e. The van der Waals surface area contributed by atoms with E-state index >= 15 is 0 Å². The first-order valence-corrected chi connectivity index (χ1v) is 5.61. The number of carbonyl (C=O) groups is 1. The Hall–Kier alpha value is -0.0900. The molecule has 1 heterocycles. The fourth-order valence-electron chi connectivity index (χ4n) is 3.37. The maximum absolute atomic E-state index is 11.5. The number of hydrogen-bond acceptors (Lipinski definition) is 3. The summed E-state index contributed by atoms with van der Waals surface area (Å²) in [5.41, 5.74) is 0. The molecule has 1 aliphatic heterocycles. The summed E-state index contributed by atoms with van der Waals surface area (Å²) < 4.78 is 5.29. The van der Waals surface area contributed by atoms with E-state index < -0.39 is 0 Å². The summed E-state index contributed by atoms with van der Waals surface area (Å²) in [5, 5.41) is 9.22. The van der Waals surface area contributed by atoms with Crippen molar-refractivity contribution in [3.8, 4) is 0 Å². The molecule has 13 heavy (non-hydrogen) atoms. The molecule has 0 aromatic carbocycles. The minimum Gasteiger partial charge on any atom is -0.461 e. The largest absolute Gasteiger partial charge is 0.461 e. The lowest BCUT2D eigenvalue weighted by Gasteiger charge is -2.26. The molecule has 1 N–H and O–H groups in total. The van der Waals surface area contributed by atoms with Gasteiger partial charge >= 0.3 is 5.97 Å². The van der Waals surface area contributed by atoms with Gasteiger partial charge in [-0.3, -0.25) is 4.79 Å². The second kappa shape index (κ2) is 2.48. The van der Waals surface area contributed by atoms with Crippen LogP contribution in [0, 0.1) is 23.7 Å². The fraction of sp³-hybridized carbons (Fsp3) is 0.889. The molecule has 0 amide bonds. The Morgan fingerprint density at radius 3 is 3.00 bits per heavy atom. The summed E-state index contributed by atoms with van der Waals surface area (Å²) in [7, 11) is 0. The fourth-order valence-corrected chi connectivity index (χ4v) is 4.48. The first-order chi connectivity index (χ1) is 6.24. The zero-order valence-electron chi connectivity index (χ0n) is 7.02. The van der Waals surface area contributed by atoms with Crippen LogP contribution in [0.2, 0.25) is 0 Å². The van der Waals surface area contributed by atoms with Gasteiger partial charge in [0.05, 0.1) is 10.7 Å². The van der Waals surface area contributed by atoms with E-state index in [1.54, 1.807) is 0 Å². The van der Waals surface area contributed by atoms with Crippen LogP contribution in [0.1, 0.15) is 6.42 Å². The van der Waals surface area contributed by atoms with Crippen molar-refractivity contribution in [2.75, 3.05) is 6.61 Å². The third kappa shape index (κ3) is 0.814. The number of hydrogen-bond donors (Lipinski definition) is 1. The molecule has 0 spiro atoms. The van der Waals surface area contributed by atoms with Crippen LogP contribution in [0.25, 0.3) is 0 Å². The molecule has 2 saturated carbocycles. The van der Waals surface area contributed by atoms with Crippen molar-refractivity contribution < 1.29 is 14.6 Å². The first kappa shape index (κ1) is 8.24. The molecule has 0 unspecified atom stereocenters. The van der Waals surface area contributed by atoms with Crippen LogP contribution in [0.3, 0.4) is 0 Å². The van der Waals surface area contributed by atoms with Crippen molar-refractivity contribution in [2.24, 2.45) is 23.7 Å². The molecule has 2 bridgehead atoms. The highest BCUT2D eigenvalue weighted by Crippen LogP contribution is 2.59. The number of aliphatic hydroxyl groups is 1. The normalized spacial score (nSPS) is 57.2. The number of esters is 1. The minimum absolute atomic E-state index is 0.00574. The highest BCUT2D eigenvalue weighted by atomic mass is 79.9. The molecular formula is C9H11BrO3. The minimum atomic E-state index is -0.0847. The van der Waals surface area contributed by atoms with Crippen LogP contribution < -0.4 is 0 Å². The Balaban J connectivity index is 2.01. The van der Waals surface area contributed by atoms with Gasteiger partial charge < -0.3 is 9.84 Å². The van der Waals surface area contributed by atoms with Crippen LogP contribution in [0.15, 0.2) is 0 Å². The zero-order valence-corrected chi connectivity index (χ0v) is 8.61. The highest BCUT2D eigenvalue weighted by molar-refractivity contribution is 9.09. The van der Waals surface area contributed by atoms with E-state index in [1.807, 2.05) is 0 Å². The second-order valence-corrected chi connectivity index (χ2v) is 5.34. The number of alkyl halides is 1. The van der Waals surface area contributed by atoms with Crippen molar-refractivity contribution in [2.45, 2.75) is 17.4 Å². The van der Waals surface area contributed by atoms with Crippen LogP contribution in [-0.4, -0.2) is 28.6 Å². The quantitative estimate of drug-likeness (QED) is 0.543. The van der Waals surface area contributed by atoms with Gasteiger partial charge in [-0.2, -0.15) is 0 Å². The predicted molar refractivity (Wildman–Crippen MR) is 48.3 cm³/mol. The van der Waals surface area contributed by atoms with E-state index in [2.05, 4.69) is 15.9 Å². The summed E-state index contributed by atoms with van der Waals surface area (Å²) in [6, 6.07) is 0. The van der Waals surface area contributed by atoms with Gasteiger partial charge in [0.2, 0.25) is 0 Å². The van der Waals surface area contributed by atoms with Crippen molar-refractivity contribution in [3.63, 3.8) is 0 Å². The third-order valence-electron chi connectivity index (χ3n) is 3.90. The smallest absolute Gasteiger partial charge is 0.310 e. The van der Waals surface area contributed by atoms with E-state index in [0.717, 1.165) is 6.42 Å². The molecule has 0 aromatic heterocycles. The summed E-state index contributed by atoms with van der Waals surface area (Å²) in [4.78, 5) is 11.7. The molecular weight excluding hydrogens is 236 g/mol. The zero-order chi connectivity index (χ0) is 9.16. The Morgan fingerprint density at radius 1 is 1.54 bits per heavy atom. The molecule has 3 aliphatic rings. The van der Waals surface area contributed by atoms with Crippen LogP contribution >= 0.6 is 15.9 Å². The lowest BCUT2D eigenvalue weighted by molar-refractivity contribution is -0.144. The van der Waals surface area contributed by atoms with Gasteiger partial charge in [0, 0.05) is 12.5 Å². The van der Waals surface area contributed by atoms with E-state index in [1.165, 1.54) is 0 Å². The van der Waals surface area contributed by atoms with E-state index in [4.69, 9.17) is 4.74 Å². The standard InChI is InChI=1S/C9H11BrO3/c10-7-3-1-4-6(5(3)2-11)9(12)13-8(4)7/h3-8,11H,1-2H2/t3-,4+,5-,6+,7-,8-/m1/s1. The Labute approximate surface area is 84.6 Å². The van der Waals surface area contributed by atoms with Crippen molar-refractivity contribution in [3.05, 3.63) is 0 Å². The number of fused-ring (bicyclic) bond motifs is 1. The van der Waals surface area contributed by atoms with E-state index in [9.17, 15) is 9.90 Å². The van der Waals surface area contributed by atoms with Gasteiger partial charge in [-0.05, 0) is 18.3 Å². The predicted octanol–water partition coefficient (Wildman–Crippen LogP) is 0.550. The monoisotopic (exact) mass is 246 g/mol. The van der Waals surface area contributed by atoms with Crippen molar-refractivity contribution in [1.82, 2.24) is 0 Å². The lowest BCUT2D eigenvalue weighted by Crippen LogP contribution is -2.35. The summed E-state index contributed by atoms with van der Waals surface area (Å²) in [5.74, 6) is 0.864. The molecule has 3 rings (SSSR count). The number of aliphatic hydroxyl groups excluding tert-OH is 1. The molecule has 2 aliphatic carbocycles. The van der Waals surface area contributed by atoms with E-state index in [0.29, 0.717) is 11.8 Å². The average molecular weight is 247 g/mol. The Bertz CT molecular complexity index is 268. The molecule has 72 valence electrons. The number of ether oxygens (including phenoxy) is 1. The van der Waals surface area contributed by atoms with Gasteiger partial charge in [0.25, 0.3) is 0 Å². The molecule has 3 nitrogen and oxygen atoms in total. The maximum atomic E-state index is 11.5. The third-order valence-corrected chi connectivity index (χ3v) is 5.10. The topological polar surface area (TPSA) is 46.5 Å². The van der Waals surface area contributed by atoms with Gasteiger partial charge in [0.1, 0.15) is 6.10 Å². The molecule has 3 fully saturated rings. The average Bonchev–Trinajstić information content (AvgIpc) is 2.68. The van der Waals surface area contributed by atoms with Gasteiger partial charge in [-0.15, -0.1) is 0 Å². The van der Waals surface area contributed by atoms with Gasteiger partial charge in [0.15, 0.2) is 0 Å². The molecule has 0 aromatic rings. The van der Waals surface area contributed by atoms with Crippen molar-refractivity contribution >= 4 is 21.9 Å². The summed E-state index contributed by atoms with van der Waals surface area (Å²) in [6.45, 7) is 0.121. The number of rotatable bonds is 1. The van der Waals surface area contributed by atoms with E-state index in [-0.39, 0.29) is 35.3 Å². The Kier molecular flexibility index (Phi) is 1.57. The number of halogens is 1. The van der Waals surface area contributed by atoms with Gasteiger partial charge in [-0.25, -0.2) is 0 Å². The van der Waals surface area contributed by atoms with Crippen LogP contribution in [0.4, 0.5) is 0 Å². The number of carbonyl (C=O) groups excluding carboxylic acids is 1. The molecule has 1 saturated heterocycles. The summed E-state index contributed by atoms with van der Waals surface area (Å²) >= 11 is 3.57. The lowest BCUT2D eigenvalue weighted by atomic mass is 9.80. The second-order valence-electron chi connectivity index (χ2n) is 4.28. The van der Waals surface area contributed by atoms with Crippen molar-refractivity contribution in [1.29, 1.82) is 0 Å². The van der Waals surface area contributed by atoms with Gasteiger partial charge in [-0.1, -0.05) is 15.9 Å². The molecule has 0 radical (unpaired) electrons. The summed E-state index contributed by atoms with van der Waals surface area (Å²) in [6.07, 6.45) is 1.13. The molecule has 4 heteroatoms. The SMILES string of the molecule is O=C1O[C@H]2[C@H](Br)[C@@H]3C[C@H]2[C@H]1[C@@H]3CO. The van der Waals surface area contributed by atoms with Crippen LogP contribution in [-0.2, 0) is 9.53 Å². The Morgan fingerprint density at radius 2 is 2.31 bits per heavy atom. The first-order valence-electron chi connectivity index (χ1n) is 4.69. The molecule has 6 atom stereocenters.